The van der Waals surface area contributed by atoms with Crippen LogP contribution in [0, 0.1) is 0 Å². The van der Waals surface area contributed by atoms with E-state index in [4.69, 9.17) is 11.6 Å². The quantitative estimate of drug-likeness (QED) is 0.783. The molecule has 0 radical (unpaired) electrons. The molecule has 4 heterocycles. The van der Waals surface area contributed by atoms with E-state index in [1.807, 2.05) is 12.3 Å². The Labute approximate surface area is 114 Å². The van der Waals surface area contributed by atoms with Gasteiger partial charge in [0.25, 0.3) is 0 Å². The fourth-order valence-corrected chi connectivity index (χ4v) is 3.22. The number of nitrogens with zero attached hydrogens (tertiary/aromatic N) is 3. The second kappa shape index (κ2) is 4.80. The Morgan fingerprint density at radius 2 is 2.06 bits per heavy atom. The molecule has 0 aromatic carbocycles. The number of fused-ring (bicyclic) bond motifs is 2. The molecule has 2 unspecified atom stereocenters. The fourth-order valence-electron chi connectivity index (χ4n) is 3.11. The summed E-state index contributed by atoms with van der Waals surface area (Å²) >= 11 is 5.81. The summed E-state index contributed by atoms with van der Waals surface area (Å²) in [7, 11) is 0. The van der Waals surface area contributed by atoms with E-state index in [1.165, 1.54) is 25.1 Å². The van der Waals surface area contributed by atoms with Crippen LogP contribution in [0.5, 0.6) is 0 Å². The zero-order chi connectivity index (χ0) is 12.7. The standard InChI is InChI=1S/C14H20ClN3/c1-10(2)17-8-12-5-13(9-17)18(12)7-11-3-4-14(15)16-6-11/h3-4,6,10,12-13H,5,7-9H2,1-2H3. The highest BCUT2D eigenvalue weighted by atomic mass is 35.5. The van der Waals surface area contributed by atoms with Gasteiger partial charge in [0.1, 0.15) is 5.15 Å². The highest BCUT2D eigenvalue weighted by Gasteiger charge is 2.44. The summed E-state index contributed by atoms with van der Waals surface area (Å²) in [5.41, 5.74) is 1.27. The Kier molecular flexibility index (Phi) is 3.31. The minimum Gasteiger partial charge on any atom is -0.298 e. The van der Waals surface area contributed by atoms with E-state index in [2.05, 4.69) is 34.7 Å². The molecule has 3 saturated heterocycles. The van der Waals surface area contributed by atoms with Gasteiger partial charge in [-0.25, -0.2) is 4.98 Å². The number of hydrogen-bond acceptors (Lipinski definition) is 3. The van der Waals surface area contributed by atoms with Crippen LogP contribution in [0.4, 0.5) is 0 Å². The van der Waals surface area contributed by atoms with Gasteiger partial charge in [-0.1, -0.05) is 17.7 Å². The van der Waals surface area contributed by atoms with Crippen molar-refractivity contribution < 1.29 is 0 Å². The summed E-state index contributed by atoms with van der Waals surface area (Å²) in [6.45, 7) is 8.03. The van der Waals surface area contributed by atoms with Crippen molar-refractivity contribution in [2.45, 2.75) is 44.9 Å². The third-order valence-electron chi connectivity index (χ3n) is 4.26. The second-order valence-corrected chi connectivity index (χ2v) is 6.14. The van der Waals surface area contributed by atoms with Crippen LogP contribution in [-0.2, 0) is 6.54 Å². The number of piperidine rings is 1. The number of halogens is 1. The van der Waals surface area contributed by atoms with E-state index >= 15 is 0 Å². The van der Waals surface area contributed by atoms with Gasteiger partial charge in [0.15, 0.2) is 0 Å². The minimum atomic E-state index is 0.577. The molecule has 0 saturated carbocycles. The Morgan fingerprint density at radius 3 is 2.61 bits per heavy atom. The second-order valence-electron chi connectivity index (χ2n) is 5.75. The van der Waals surface area contributed by atoms with Gasteiger partial charge in [-0.2, -0.15) is 0 Å². The largest absolute Gasteiger partial charge is 0.298 e. The summed E-state index contributed by atoms with van der Waals surface area (Å²) in [5.74, 6) is 0. The average Bonchev–Trinajstić information content (AvgIpc) is 2.38. The highest BCUT2D eigenvalue weighted by Crippen LogP contribution is 2.34. The molecule has 3 aliphatic rings. The highest BCUT2D eigenvalue weighted by molar-refractivity contribution is 6.29. The SMILES string of the molecule is CC(C)N1CC2CC(C1)N2Cc1ccc(Cl)nc1. The first kappa shape index (κ1) is 12.4. The summed E-state index contributed by atoms with van der Waals surface area (Å²) in [6.07, 6.45) is 3.26. The number of hydrogen-bond donors (Lipinski definition) is 0. The lowest BCUT2D eigenvalue weighted by Crippen LogP contribution is -2.68. The van der Waals surface area contributed by atoms with E-state index in [0.717, 1.165) is 18.6 Å². The van der Waals surface area contributed by atoms with Gasteiger partial charge in [0.05, 0.1) is 0 Å². The van der Waals surface area contributed by atoms with E-state index in [9.17, 15) is 0 Å². The molecule has 1 aromatic heterocycles. The normalized spacial score (nSPS) is 28.4. The van der Waals surface area contributed by atoms with Gasteiger partial charge in [-0.3, -0.25) is 9.80 Å². The van der Waals surface area contributed by atoms with Crippen LogP contribution in [0.3, 0.4) is 0 Å². The fraction of sp³-hybridized carbons (Fsp3) is 0.643. The number of aromatic nitrogens is 1. The Hall–Kier alpha value is -0.640. The van der Waals surface area contributed by atoms with Gasteiger partial charge in [0, 0.05) is 44.0 Å². The predicted molar refractivity (Wildman–Crippen MR) is 73.7 cm³/mol. The lowest BCUT2D eigenvalue weighted by molar-refractivity contribution is -0.0835. The van der Waals surface area contributed by atoms with Crippen molar-refractivity contribution in [3.63, 3.8) is 0 Å². The van der Waals surface area contributed by atoms with Gasteiger partial charge in [-0.15, -0.1) is 0 Å². The molecule has 3 nitrogen and oxygen atoms in total. The first-order valence-electron chi connectivity index (χ1n) is 6.73. The van der Waals surface area contributed by atoms with Crippen molar-refractivity contribution in [3.8, 4) is 0 Å². The van der Waals surface area contributed by atoms with Crippen molar-refractivity contribution >= 4 is 11.6 Å². The zero-order valence-electron chi connectivity index (χ0n) is 11.0. The van der Waals surface area contributed by atoms with Crippen LogP contribution in [0.25, 0.3) is 0 Å². The maximum absolute atomic E-state index is 5.81. The Morgan fingerprint density at radius 1 is 1.33 bits per heavy atom. The van der Waals surface area contributed by atoms with Crippen LogP contribution in [-0.4, -0.2) is 46.0 Å². The number of piperazine rings is 1. The lowest BCUT2D eigenvalue weighted by atomic mass is 9.86. The first-order valence-corrected chi connectivity index (χ1v) is 7.11. The molecular weight excluding hydrogens is 246 g/mol. The molecule has 18 heavy (non-hydrogen) atoms. The van der Waals surface area contributed by atoms with Crippen LogP contribution in [0.1, 0.15) is 25.8 Å². The van der Waals surface area contributed by atoms with E-state index in [-0.39, 0.29) is 0 Å². The average molecular weight is 266 g/mol. The number of rotatable bonds is 3. The van der Waals surface area contributed by atoms with E-state index in [0.29, 0.717) is 11.2 Å². The first-order chi connectivity index (χ1) is 8.63. The third kappa shape index (κ3) is 2.27. The molecule has 3 fully saturated rings. The van der Waals surface area contributed by atoms with Crippen molar-refractivity contribution in [1.82, 2.24) is 14.8 Å². The molecule has 0 N–H and O–H groups in total. The van der Waals surface area contributed by atoms with Crippen molar-refractivity contribution in [1.29, 1.82) is 0 Å². The monoisotopic (exact) mass is 265 g/mol. The lowest BCUT2D eigenvalue weighted by Gasteiger charge is -2.57. The molecule has 4 rings (SSSR count). The van der Waals surface area contributed by atoms with Crippen molar-refractivity contribution in [2.75, 3.05) is 13.1 Å². The molecular formula is C14H20ClN3. The Balaban J connectivity index is 1.62. The topological polar surface area (TPSA) is 19.4 Å². The number of pyridine rings is 1. The smallest absolute Gasteiger partial charge is 0.129 e. The molecule has 1 aromatic rings. The summed E-state index contributed by atoms with van der Waals surface area (Å²) in [4.78, 5) is 9.36. The summed E-state index contributed by atoms with van der Waals surface area (Å²) in [5, 5.41) is 0.577. The molecule has 2 bridgehead atoms. The molecule has 3 aliphatic heterocycles. The van der Waals surface area contributed by atoms with Gasteiger partial charge in [0.2, 0.25) is 0 Å². The zero-order valence-corrected chi connectivity index (χ0v) is 11.8. The van der Waals surface area contributed by atoms with E-state index < -0.39 is 0 Å². The van der Waals surface area contributed by atoms with Crippen molar-refractivity contribution in [3.05, 3.63) is 29.0 Å². The minimum absolute atomic E-state index is 0.577. The summed E-state index contributed by atoms with van der Waals surface area (Å²) < 4.78 is 0. The van der Waals surface area contributed by atoms with E-state index in [1.54, 1.807) is 0 Å². The third-order valence-corrected chi connectivity index (χ3v) is 4.48. The maximum atomic E-state index is 5.81. The Bertz CT molecular complexity index is 406. The molecule has 0 aliphatic carbocycles. The van der Waals surface area contributed by atoms with Crippen LogP contribution >= 0.6 is 11.6 Å². The molecule has 4 heteroatoms. The predicted octanol–water partition coefficient (Wildman–Crippen LogP) is 2.40. The van der Waals surface area contributed by atoms with Crippen LogP contribution in [0.2, 0.25) is 5.15 Å². The maximum Gasteiger partial charge on any atom is 0.129 e. The summed E-state index contributed by atoms with van der Waals surface area (Å²) in [6, 6.07) is 6.12. The molecule has 98 valence electrons. The van der Waals surface area contributed by atoms with Crippen LogP contribution in [0.15, 0.2) is 18.3 Å². The molecule has 0 amide bonds. The van der Waals surface area contributed by atoms with Gasteiger partial charge < -0.3 is 0 Å². The van der Waals surface area contributed by atoms with Gasteiger partial charge in [-0.05, 0) is 31.9 Å². The van der Waals surface area contributed by atoms with Gasteiger partial charge >= 0.3 is 0 Å². The molecule has 2 atom stereocenters. The van der Waals surface area contributed by atoms with Crippen molar-refractivity contribution in [2.24, 2.45) is 0 Å². The molecule has 0 spiro atoms. The van der Waals surface area contributed by atoms with Crippen LogP contribution < -0.4 is 0 Å².